The van der Waals surface area contributed by atoms with E-state index in [0.717, 1.165) is 23.3 Å². The Labute approximate surface area is 107 Å². The Morgan fingerprint density at radius 1 is 1.44 bits per heavy atom. The van der Waals surface area contributed by atoms with E-state index < -0.39 is 0 Å². The lowest BCUT2D eigenvalue weighted by Crippen LogP contribution is -2.23. The lowest BCUT2D eigenvalue weighted by atomic mass is 10.2. The first-order valence-corrected chi connectivity index (χ1v) is 5.99. The number of likely N-dealkylation sites (N-methyl/N-ethyl adjacent to an activating group) is 1. The number of benzene rings is 1. The number of ether oxygens (including phenoxy) is 1. The molecule has 0 radical (unpaired) electrons. The molecule has 0 spiro atoms. The van der Waals surface area contributed by atoms with Crippen molar-refractivity contribution < 1.29 is 4.74 Å². The van der Waals surface area contributed by atoms with Crippen LogP contribution in [0.25, 0.3) is 11.0 Å². The molecule has 1 aromatic heterocycles. The highest BCUT2D eigenvalue weighted by atomic mass is 16.5. The SMILES string of the molecule is COc1ccc2nc(N)n(C(C)CN(C)C)c2c1. The van der Waals surface area contributed by atoms with Crippen LogP contribution in [0.1, 0.15) is 13.0 Å². The van der Waals surface area contributed by atoms with Crippen LogP contribution in [0, 0.1) is 0 Å². The van der Waals surface area contributed by atoms with Gasteiger partial charge in [-0.1, -0.05) is 0 Å². The van der Waals surface area contributed by atoms with Crippen molar-refractivity contribution in [3.63, 3.8) is 0 Å². The highest BCUT2D eigenvalue weighted by molar-refractivity contribution is 5.80. The van der Waals surface area contributed by atoms with E-state index in [0.29, 0.717) is 5.95 Å². The maximum absolute atomic E-state index is 6.01. The minimum Gasteiger partial charge on any atom is -0.497 e. The van der Waals surface area contributed by atoms with Crippen molar-refractivity contribution in [3.8, 4) is 5.75 Å². The van der Waals surface area contributed by atoms with Crippen LogP contribution in [0.15, 0.2) is 18.2 Å². The quantitative estimate of drug-likeness (QED) is 0.895. The van der Waals surface area contributed by atoms with Gasteiger partial charge < -0.3 is 19.9 Å². The zero-order chi connectivity index (χ0) is 13.3. The van der Waals surface area contributed by atoms with Crippen molar-refractivity contribution in [2.45, 2.75) is 13.0 Å². The highest BCUT2D eigenvalue weighted by Gasteiger charge is 2.15. The van der Waals surface area contributed by atoms with Crippen LogP contribution in [0.5, 0.6) is 5.75 Å². The molecule has 0 amide bonds. The molecule has 0 saturated carbocycles. The molecular formula is C13H20N4O. The van der Waals surface area contributed by atoms with Crippen molar-refractivity contribution in [1.29, 1.82) is 0 Å². The van der Waals surface area contributed by atoms with Gasteiger partial charge in [0.25, 0.3) is 0 Å². The second-order valence-electron chi connectivity index (χ2n) is 4.81. The number of nitrogens with zero attached hydrogens (tertiary/aromatic N) is 3. The third kappa shape index (κ3) is 2.26. The number of rotatable bonds is 4. The first-order valence-electron chi connectivity index (χ1n) is 5.99. The fourth-order valence-corrected chi connectivity index (χ4v) is 2.29. The van der Waals surface area contributed by atoms with Crippen LogP contribution in [-0.2, 0) is 0 Å². The maximum Gasteiger partial charge on any atom is 0.201 e. The van der Waals surface area contributed by atoms with Crippen molar-refractivity contribution in [2.75, 3.05) is 33.5 Å². The number of nitrogen functional groups attached to an aromatic ring is 1. The smallest absolute Gasteiger partial charge is 0.201 e. The van der Waals surface area contributed by atoms with Crippen LogP contribution in [0.2, 0.25) is 0 Å². The predicted octanol–water partition coefficient (Wildman–Crippen LogP) is 1.75. The van der Waals surface area contributed by atoms with Gasteiger partial charge in [0.1, 0.15) is 5.75 Å². The molecule has 0 bridgehead atoms. The van der Waals surface area contributed by atoms with E-state index in [9.17, 15) is 0 Å². The van der Waals surface area contributed by atoms with Crippen LogP contribution >= 0.6 is 0 Å². The molecule has 0 aliphatic rings. The molecule has 98 valence electrons. The maximum atomic E-state index is 6.01. The number of hydrogen-bond acceptors (Lipinski definition) is 4. The molecule has 1 aromatic carbocycles. The van der Waals surface area contributed by atoms with Crippen molar-refractivity contribution >= 4 is 17.0 Å². The van der Waals surface area contributed by atoms with Gasteiger partial charge in [0, 0.05) is 18.7 Å². The number of aromatic nitrogens is 2. The number of imidazole rings is 1. The summed E-state index contributed by atoms with van der Waals surface area (Å²) in [6, 6.07) is 6.07. The lowest BCUT2D eigenvalue weighted by molar-refractivity contribution is 0.342. The van der Waals surface area contributed by atoms with Crippen LogP contribution in [0.3, 0.4) is 0 Å². The van der Waals surface area contributed by atoms with Gasteiger partial charge in [-0.3, -0.25) is 0 Å². The number of methoxy groups -OCH3 is 1. The third-order valence-corrected chi connectivity index (χ3v) is 2.99. The van der Waals surface area contributed by atoms with Crippen LogP contribution < -0.4 is 10.5 Å². The molecule has 18 heavy (non-hydrogen) atoms. The Kier molecular flexibility index (Phi) is 3.43. The third-order valence-electron chi connectivity index (χ3n) is 2.99. The summed E-state index contributed by atoms with van der Waals surface area (Å²) < 4.78 is 7.31. The van der Waals surface area contributed by atoms with Gasteiger partial charge in [-0.25, -0.2) is 4.98 Å². The first-order chi connectivity index (χ1) is 8.52. The molecule has 5 nitrogen and oxygen atoms in total. The van der Waals surface area contributed by atoms with Crippen molar-refractivity contribution in [3.05, 3.63) is 18.2 Å². The van der Waals surface area contributed by atoms with Gasteiger partial charge in [-0.05, 0) is 33.2 Å². The summed E-state index contributed by atoms with van der Waals surface area (Å²) in [5, 5.41) is 0. The van der Waals surface area contributed by atoms with Crippen LogP contribution in [-0.4, -0.2) is 42.2 Å². The fraction of sp³-hybridized carbons (Fsp3) is 0.462. The second kappa shape index (κ2) is 4.86. The Balaban J connectivity index is 2.50. The minimum atomic E-state index is 0.261. The van der Waals surface area contributed by atoms with Gasteiger partial charge in [0.2, 0.25) is 5.95 Å². The molecule has 2 rings (SSSR count). The zero-order valence-corrected chi connectivity index (χ0v) is 11.3. The van der Waals surface area contributed by atoms with E-state index in [1.165, 1.54) is 0 Å². The van der Waals surface area contributed by atoms with E-state index in [-0.39, 0.29) is 6.04 Å². The highest BCUT2D eigenvalue weighted by Crippen LogP contribution is 2.26. The van der Waals surface area contributed by atoms with E-state index in [2.05, 4.69) is 21.4 Å². The van der Waals surface area contributed by atoms with Crippen LogP contribution in [0.4, 0.5) is 5.95 Å². The molecule has 0 fully saturated rings. The van der Waals surface area contributed by atoms with Crippen molar-refractivity contribution in [2.24, 2.45) is 0 Å². The van der Waals surface area contributed by atoms with E-state index in [1.54, 1.807) is 7.11 Å². The number of nitrogens with two attached hydrogens (primary N) is 1. The molecule has 1 atom stereocenters. The Morgan fingerprint density at radius 3 is 2.78 bits per heavy atom. The summed E-state index contributed by atoms with van der Waals surface area (Å²) in [5.41, 5.74) is 7.93. The van der Waals surface area contributed by atoms with Gasteiger partial charge in [-0.2, -0.15) is 0 Å². The molecule has 1 heterocycles. The van der Waals surface area contributed by atoms with Crippen molar-refractivity contribution in [1.82, 2.24) is 14.5 Å². The Hall–Kier alpha value is -1.75. The Morgan fingerprint density at radius 2 is 2.17 bits per heavy atom. The summed E-state index contributed by atoms with van der Waals surface area (Å²) in [6.45, 7) is 3.05. The summed E-state index contributed by atoms with van der Waals surface area (Å²) in [6.07, 6.45) is 0. The van der Waals surface area contributed by atoms with Gasteiger partial charge >= 0.3 is 0 Å². The number of fused-ring (bicyclic) bond motifs is 1. The average molecular weight is 248 g/mol. The summed E-state index contributed by atoms with van der Waals surface area (Å²) in [7, 11) is 5.76. The minimum absolute atomic E-state index is 0.261. The Bertz CT molecular complexity index is 547. The molecule has 1 unspecified atom stereocenters. The molecule has 2 N–H and O–H groups in total. The van der Waals surface area contributed by atoms with E-state index in [1.807, 2.05) is 32.3 Å². The van der Waals surface area contributed by atoms with Gasteiger partial charge in [0.15, 0.2) is 0 Å². The summed E-state index contributed by atoms with van der Waals surface area (Å²) in [4.78, 5) is 6.52. The number of hydrogen-bond donors (Lipinski definition) is 1. The largest absolute Gasteiger partial charge is 0.497 e. The molecular weight excluding hydrogens is 228 g/mol. The molecule has 5 heteroatoms. The molecule has 0 aliphatic carbocycles. The fourth-order valence-electron chi connectivity index (χ4n) is 2.29. The van der Waals surface area contributed by atoms with E-state index >= 15 is 0 Å². The van der Waals surface area contributed by atoms with Gasteiger partial charge in [0.05, 0.1) is 18.1 Å². The standard InChI is InChI=1S/C13H20N4O/c1-9(8-16(2)3)17-12-7-10(18-4)5-6-11(12)15-13(17)14/h5-7,9H,8H2,1-4H3,(H2,14,15). The second-order valence-corrected chi connectivity index (χ2v) is 4.81. The summed E-state index contributed by atoms with van der Waals surface area (Å²) >= 11 is 0. The monoisotopic (exact) mass is 248 g/mol. The topological polar surface area (TPSA) is 56.3 Å². The zero-order valence-electron chi connectivity index (χ0n) is 11.3. The van der Waals surface area contributed by atoms with Gasteiger partial charge in [-0.15, -0.1) is 0 Å². The average Bonchev–Trinajstić information content (AvgIpc) is 2.62. The summed E-state index contributed by atoms with van der Waals surface area (Å²) in [5.74, 6) is 1.37. The number of anilines is 1. The normalized spacial score (nSPS) is 13.2. The molecule has 2 aromatic rings. The first kappa shape index (κ1) is 12.7. The van der Waals surface area contributed by atoms with E-state index in [4.69, 9.17) is 10.5 Å². The molecule has 0 saturated heterocycles. The lowest BCUT2D eigenvalue weighted by Gasteiger charge is -2.20. The predicted molar refractivity (Wildman–Crippen MR) is 74.0 cm³/mol. The molecule has 0 aliphatic heterocycles.